The number of rotatable bonds is 4. The molecule has 4 aromatic rings. The maximum absolute atomic E-state index is 13.4. The van der Waals surface area contributed by atoms with E-state index in [1.807, 2.05) is 24.3 Å². The van der Waals surface area contributed by atoms with Crippen molar-refractivity contribution in [3.8, 4) is 0 Å². The summed E-state index contributed by atoms with van der Waals surface area (Å²) < 4.78 is 14.4. The van der Waals surface area contributed by atoms with E-state index in [9.17, 15) is 9.18 Å². The minimum atomic E-state index is -0.381. The lowest BCUT2D eigenvalue weighted by Crippen LogP contribution is -2.23. The van der Waals surface area contributed by atoms with Crippen LogP contribution in [-0.2, 0) is 4.79 Å². The molecule has 4 rings (SSSR count). The third kappa shape index (κ3) is 4.32. The second-order valence-corrected chi connectivity index (χ2v) is 7.97. The fraction of sp³-hybridized carbons (Fsp3) is 0. The van der Waals surface area contributed by atoms with E-state index in [0.717, 1.165) is 10.2 Å². The Hall–Kier alpha value is -2.73. The molecule has 0 aliphatic rings. The molecule has 0 atom stereocenters. The van der Waals surface area contributed by atoms with Gasteiger partial charge in [0.15, 0.2) is 5.13 Å². The summed E-state index contributed by atoms with van der Waals surface area (Å²) in [6.07, 6.45) is 3.02. The van der Waals surface area contributed by atoms with Gasteiger partial charge in [0.05, 0.1) is 15.9 Å². The number of aromatic nitrogens is 1. The van der Waals surface area contributed by atoms with Crippen LogP contribution in [-0.4, -0.2) is 10.9 Å². The van der Waals surface area contributed by atoms with Gasteiger partial charge in [-0.2, -0.15) is 0 Å². The fourth-order valence-electron chi connectivity index (χ4n) is 2.75. The van der Waals surface area contributed by atoms with Crippen molar-refractivity contribution >= 4 is 67.6 Å². The zero-order chi connectivity index (χ0) is 20.4. The molecule has 0 aliphatic carbocycles. The van der Waals surface area contributed by atoms with E-state index in [-0.39, 0.29) is 11.7 Å². The van der Waals surface area contributed by atoms with Crippen LogP contribution >= 0.6 is 34.5 Å². The lowest BCUT2D eigenvalue weighted by molar-refractivity contribution is -0.113. The Kier molecular flexibility index (Phi) is 5.62. The van der Waals surface area contributed by atoms with Gasteiger partial charge in [0.2, 0.25) is 0 Å². The number of carbonyl (C=O) groups is 1. The van der Waals surface area contributed by atoms with Crippen molar-refractivity contribution in [1.82, 2.24) is 4.98 Å². The van der Waals surface area contributed by atoms with Crippen molar-refractivity contribution in [3.63, 3.8) is 0 Å². The Labute approximate surface area is 180 Å². The summed E-state index contributed by atoms with van der Waals surface area (Å²) in [5, 5.41) is 1.45. The molecular formula is C22H13Cl2FN2OS. The van der Waals surface area contributed by atoms with Crippen molar-refractivity contribution in [2.45, 2.75) is 0 Å². The summed E-state index contributed by atoms with van der Waals surface area (Å²) in [6.45, 7) is 0. The molecule has 0 spiro atoms. The number of benzene rings is 3. The van der Waals surface area contributed by atoms with Crippen molar-refractivity contribution in [1.29, 1.82) is 0 Å². The summed E-state index contributed by atoms with van der Waals surface area (Å²) >= 11 is 13.5. The minimum Gasteiger partial charge on any atom is -0.269 e. The summed E-state index contributed by atoms with van der Waals surface area (Å²) in [5.41, 5.74) is 1.97. The molecule has 1 aromatic heterocycles. The summed E-state index contributed by atoms with van der Waals surface area (Å²) in [6, 6.07) is 18.4. The average Bonchev–Trinajstić information content (AvgIpc) is 3.12. The van der Waals surface area contributed by atoms with Gasteiger partial charge in [0.1, 0.15) is 5.82 Å². The molecule has 0 aliphatic heterocycles. The molecule has 0 saturated carbocycles. The Morgan fingerprint density at radius 2 is 1.79 bits per heavy atom. The Morgan fingerprint density at radius 1 is 1.03 bits per heavy atom. The SMILES string of the molecule is O=C(C=Cc1ccc(Cl)cc1Cl)N(c1ccc(F)cc1)c1nc2ccccc2s1. The number of hydrogen-bond acceptors (Lipinski definition) is 3. The molecule has 0 saturated heterocycles. The molecule has 1 amide bonds. The van der Waals surface area contributed by atoms with E-state index < -0.39 is 0 Å². The van der Waals surface area contributed by atoms with Crippen LogP contribution in [0, 0.1) is 5.82 Å². The molecule has 7 heteroatoms. The highest BCUT2D eigenvalue weighted by atomic mass is 35.5. The van der Waals surface area contributed by atoms with Gasteiger partial charge in [-0.15, -0.1) is 0 Å². The molecule has 0 bridgehead atoms. The highest BCUT2D eigenvalue weighted by Gasteiger charge is 2.20. The highest BCUT2D eigenvalue weighted by Crippen LogP contribution is 2.34. The molecule has 1 heterocycles. The van der Waals surface area contributed by atoms with Crippen molar-refractivity contribution in [2.24, 2.45) is 0 Å². The third-order valence-corrected chi connectivity index (χ3v) is 5.73. The van der Waals surface area contributed by atoms with E-state index in [0.29, 0.717) is 26.4 Å². The minimum absolute atomic E-state index is 0.332. The fourth-order valence-corrected chi connectivity index (χ4v) is 4.21. The topological polar surface area (TPSA) is 33.2 Å². The number of hydrogen-bond donors (Lipinski definition) is 0. The lowest BCUT2D eigenvalue weighted by atomic mass is 10.2. The van der Waals surface area contributed by atoms with Gasteiger partial charge in [-0.25, -0.2) is 9.37 Å². The van der Waals surface area contributed by atoms with E-state index in [1.54, 1.807) is 36.4 Å². The molecule has 0 N–H and O–H groups in total. The Bertz CT molecular complexity index is 1190. The number of anilines is 2. The average molecular weight is 443 g/mol. The first-order valence-corrected chi connectivity index (χ1v) is 10.2. The number of para-hydroxylation sites is 1. The standard InChI is InChI=1S/C22H13Cl2FN2OS/c23-15-7-5-14(18(24)13-15)6-12-21(28)27(17-10-8-16(25)9-11-17)22-26-19-3-1-2-4-20(19)29-22/h1-13H. The van der Waals surface area contributed by atoms with E-state index in [2.05, 4.69) is 4.98 Å². The molecule has 0 fully saturated rings. The van der Waals surface area contributed by atoms with Crippen LogP contribution in [0.15, 0.2) is 72.8 Å². The molecule has 0 radical (unpaired) electrons. The van der Waals surface area contributed by atoms with Crippen LogP contribution < -0.4 is 4.90 Å². The predicted octanol–water partition coefficient (Wildman–Crippen LogP) is 7.12. The van der Waals surface area contributed by atoms with Crippen molar-refractivity contribution in [2.75, 3.05) is 4.90 Å². The molecule has 144 valence electrons. The summed E-state index contributed by atoms with van der Waals surface area (Å²) in [5.74, 6) is -0.712. The molecule has 3 nitrogen and oxygen atoms in total. The number of nitrogens with zero attached hydrogens (tertiary/aromatic N) is 2. The van der Waals surface area contributed by atoms with Crippen LogP contribution in [0.2, 0.25) is 10.0 Å². The second kappa shape index (κ2) is 8.33. The van der Waals surface area contributed by atoms with Crippen LogP contribution in [0.4, 0.5) is 15.2 Å². The van der Waals surface area contributed by atoms with Crippen LogP contribution in [0.5, 0.6) is 0 Å². The van der Waals surface area contributed by atoms with Crippen molar-refractivity contribution < 1.29 is 9.18 Å². The monoisotopic (exact) mass is 442 g/mol. The Balaban J connectivity index is 1.74. The van der Waals surface area contributed by atoms with Gasteiger partial charge in [-0.3, -0.25) is 9.69 Å². The van der Waals surface area contributed by atoms with Gasteiger partial charge in [0, 0.05) is 16.1 Å². The number of fused-ring (bicyclic) bond motifs is 1. The third-order valence-electron chi connectivity index (χ3n) is 4.15. The predicted molar refractivity (Wildman–Crippen MR) is 119 cm³/mol. The number of thiazole rings is 1. The normalized spacial score (nSPS) is 11.3. The molecule has 29 heavy (non-hydrogen) atoms. The maximum atomic E-state index is 13.4. The van der Waals surface area contributed by atoms with Gasteiger partial charge >= 0.3 is 0 Å². The van der Waals surface area contributed by atoms with Crippen LogP contribution in [0.3, 0.4) is 0 Å². The van der Waals surface area contributed by atoms with E-state index in [4.69, 9.17) is 23.2 Å². The first-order chi connectivity index (χ1) is 14.0. The smallest absolute Gasteiger partial charge is 0.257 e. The van der Waals surface area contributed by atoms with E-state index >= 15 is 0 Å². The van der Waals surface area contributed by atoms with Crippen LogP contribution in [0.1, 0.15) is 5.56 Å². The second-order valence-electron chi connectivity index (χ2n) is 6.11. The number of amides is 1. The van der Waals surface area contributed by atoms with Crippen molar-refractivity contribution in [3.05, 3.63) is 94.2 Å². The maximum Gasteiger partial charge on any atom is 0.257 e. The van der Waals surface area contributed by atoms with Crippen LogP contribution in [0.25, 0.3) is 16.3 Å². The zero-order valence-corrected chi connectivity index (χ0v) is 17.2. The van der Waals surface area contributed by atoms with Gasteiger partial charge in [-0.1, -0.05) is 52.7 Å². The first kappa shape index (κ1) is 19.6. The summed E-state index contributed by atoms with van der Waals surface area (Å²) in [7, 11) is 0. The largest absolute Gasteiger partial charge is 0.269 e. The zero-order valence-electron chi connectivity index (χ0n) is 14.9. The molecule has 0 unspecified atom stereocenters. The Morgan fingerprint density at radius 3 is 2.52 bits per heavy atom. The van der Waals surface area contributed by atoms with Gasteiger partial charge < -0.3 is 0 Å². The quantitative estimate of drug-likeness (QED) is 0.315. The molecular weight excluding hydrogens is 430 g/mol. The summed E-state index contributed by atoms with van der Waals surface area (Å²) in [4.78, 5) is 19.1. The van der Waals surface area contributed by atoms with Gasteiger partial charge in [0.25, 0.3) is 5.91 Å². The lowest BCUT2D eigenvalue weighted by Gasteiger charge is -2.18. The first-order valence-electron chi connectivity index (χ1n) is 8.59. The van der Waals surface area contributed by atoms with Gasteiger partial charge in [-0.05, 0) is 60.2 Å². The number of carbonyl (C=O) groups excluding carboxylic acids is 1. The highest BCUT2D eigenvalue weighted by molar-refractivity contribution is 7.22. The molecule has 3 aromatic carbocycles. The van der Waals surface area contributed by atoms with E-state index in [1.165, 1.54) is 34.4 Å². The number of halogens is 3.